The monoisotopic (exact) mass is 409 g/mol. The van der Waals surface area contributed by atoms with Gasteiger partial charge in [-0.1, -0.05) is 12.1 Å². The Balaban J connectivity index is 1.52. The smallest absolute Gasteiger partial charge is 0.223 e. The SMILES string of the molecule is Cc1nn(-c2nc(C3CCC(C(F)(F)F)CC3)cs2)cc1-c1cccc(F)c1. The second kappa shape index (κ2) is 7.31. The van der Waals surface area contributed by atoms with Crippen LogP contribution in [0.15, 0.2) is 35.8 Å². The van der Waals surface area contributed by atoms with Crippen molar-refractivity contribution in [1.29, 1.82) is 0 Å². The van der Waals surface area contributed by atoms with Crippen LogP contribution in [0.5, 0.6) is 0 Å². The Kier molecular flexibility index (Phi) is 4.99. The Hall–Kier alpha value is -2.22. The van der Waals surface area contributed by atoms with E-state index >= 15 is 0 Å². The first kappa shape index (κ1) is 19.1. The van der Waals surface area contributed by atoms with E-state index in [1.54, 1.807) is 10.7 Å². The summed E-state index contributed by atoms with van der Waals surface area (Å²) >= 11 is 1.42. The highest BCUT2D eigenvalue weighted by molar-refractivity contribution is 7.12. The van der Waals surface area contributed by atoms with E-state index in [0.29, 0.717) is 18.0 Å². The summed E-state index contributed by atoms with van der Waals surface area (Å²) in [6.07, 6.45) is -0.970. The molecule has 8 heteroatoms. The lowest BCUT2D eigenvalue weighted by Gasteiger charge is -2.28. The molecule has 0 radical (unpaired) electrons. The fourth-order valence-electron chi connectivity index (χ4n) is 3.78. The van der Waals surface area contributed by atoms with Crippen molar-refractivity contribution in [3.8, 4) is 16.3 Å². The minimum Gasteiger partial charge on any atom is -0.223 e. The highest BCUT2D eigenvalue weighted by Crippen LogP contribution is 2.43. The number of rotatable bonds is 3. The van der Waals surface area contributed by atoms with Crippen molar-refractivity contribution >= 4 is 11.3 Å². The van der Waals surface area contributed by atoms with E-state index < -0.39 is 12.1 Å². The average Bonchev–Trinajstić information content (AvgIpc) is 3.28. The molecule has 0 saturated heterocycles. The maximum atomic E-state index is 13.5. The van der Waals surface area contributed by atoms with Crippen molar-refractivity contribution in [3.05, 3.63) is 53.0 Å². The molecule has 0 bridgehead atoms. The predicted molar refractivity (Wildman–Crippen MR) is 100 cm³/mol. The molecule has 0 atom stereocenters. The van der Waals surface area contributed by atoms with Gasteiger partial charge in [-0.3, -0.25) is 0 Å². The summed E-state index contributed by atoms with van der Waals surface area (Å²) in [6.45, 7) is 1.85. The van der Waals surface area contributed by atoms with Crippen LogP contribution in [0.4, 0.5) is 17.6 Å². The molecule has 1 aliphatic carbocycles. The molecule has 2 heterocycles. The number of nitrogens with zero attached hydrogens (tertiary/aromatic N) is 3. The first-order valence-corrected chi connectivity index (χ1v) is 10.0. The lowest BCUT2D eigenvalue weighted by atomic mass is 9.80. The second-order valence-corrected chi connectivity index (χ2v) is 8.06. The van der Waals surface area contributed by atoms with Crippen LogP contribution in [0.1, 0.15) is 43.0 Å². The number of benzene rings is 1. The van der Waals surface area contributed by atoms with Crippen molar-refractivity contribution in [2.45, 2.75) is 44.7 Å². The van der Waals surface area contributed by atoms with E-state index in [0.717, 1.165) is 22.5 Å². The molecule has 0 unspecified atom stereocenters. The Labute approximate surface area is 164 Å². The van der Waals surface area contributed by atoms with Gasteiger partial charge in [0.25, 0.3) is 0 Å². The predicted octanol–water partition coefficient (Wildman–Crippen LogP) is 6.28. The molecule has 1 saturated carbocycles. The normalized spacial score (nSPS) is 20.5. The maximum Gasteiger partial charge on any atom is 0.391 e. The van der Waals surface area contributed by atoms with E-state index in [4.69, 9.17) is 0 Å². The van der Waals surface area contributed by atoms with E-state index in [1.807, 2.05) is 24.6 Å². The summed E-state index contributed by atoms with van der Waals surface area (Å²) in [5.41, 5.74) is 3.15. The van der Waals surface area contributed by atoms with Gasteiger partial charge < -0.3 is 0 Å². The van der Waals surface area contributed by atoms with Crippen LogP contribution in [0.25, 0.3) is 16.3 Å². The molecular formula is C20H19F4N3S. The summed E-state index contributed by atoms with van der Waals surface area (Å²) in [5, 5.41) is 7.06. The molecule has 3 aromatic rings. The Bertz CT molecular complexity index is 968. The van der Waals surface area contributed by atoms with Crippen LogP contribution in [0.3, 0.4) is 0 Å². The van der Waals surface area contributed by atoms with E-state index in [9.17, 15) is 17.6 Å². The number of thiazole rings is 1. The summed E-state index contributed by atoms with van der Waals surface area (Å²) in [7, 11) is 0. The summed E-state index contributed by atoms with van der Waals surface area (Å²) in [4.78, 5) is 4.62. The summed E-state index contributed by atoms with van der Waals surface area (Å²) in [5.74, 6) is -1.44. The number of aryl methyl sites for hydroxylation is 1. The first-order valence-electron chi connectivity index (χ1n) is 9.16. The number of hydrogen-bond donors (Lipinski definition) is 0. The molecule has 0 aliphatic heterocycles. The summed E-state index contributed by atoms with van der Waals surface area (Å²) < 4.78 is 53.7. The van der Waals surface area contributed by atoms with Gasteiger partial charge in [0.15, 0.2) is 0 Å². The molecule has 0 spiro atoms. The van der Waals surface area contributed by atoms with Gasteiger partial charge in [0.2, 0.25) is 5.13 Å². The van der Waals surface area contributed by atoms with E-state index in [2.05, 4.69) is 10.1 Å². The Morgan fingerprint density at radius 3 is 2.57 bits per heavy atom. The van der Waals surface area contributed by atoms with Gasteiger partial charge in [0, 0.05) is 23.1 Å². The van der Waals surface area contributed by atoms with Crippen molar-refractivity contribution < 1.29 is 17.6 Å². The zero-order chi connectivity index (χ0) is 19.9. The lowest BCUT2D eigenvalue weighted by molar-refractivity contribution is -0.182. The van der Waals surface area contributed by atoms with Crippen molar-refractivity contribution in [2.24, 2.45) is 5.92 Å². The molecule has 1 aliphatic rings. The van der Waals surface area contributed by atoms with Gasteiger partial charge in [-0.2, -0.15) is 18.3 Å². The van der Waals surface area contributed by atoms with Crippen molar-refractivity contribution in [1.82, 2.24) is 14.8 Å². The van der Waals surface area contributed by atoms with Gasteiger partial charge in [-0.25, -0.2) is 14.1 Å². The van der Waals surface area contributed by atoms with Crippen LogP contribution in [-0.2, 0) is 0 Å². The lowest BCUT2D eigenvalue weighted by Crippen LogP contribution is -2.27. The van der Waals surface area contributed by atoms with Gasteiger partial charge in [-0.05, 0) is 50.3 Å². The number of hydrogen-bond acceptors (Lipinski definition) is 3. The van der Waals surface area contributed by atoms with Crippen LogP contribution in [0.2, 0.25) is 0 Å². The molecule has 1 aromatic carbocycles. The van der Waals surface area contributed by atoms with Crippen LogP contribution in [-0.4, -0.2) is 20.9 Å². The van der Waals surface area contributed by atoms with Crippen LogP contribution in [0, 0.1) is 18.7 Å². The molecule has 148 valence electrons. The first-order chi connectivity index (χ1) is 13.3. The number of aromatic nitrogens is 3. The van der Waals surface area contributed by atoms with Crippen molar-refractivity contribution in [3.63, 3.8) is 0 Å². The molecule has 2 aromatic heterocycles. The fraction of sp³-hybridized carbons (Fsp3) is 0.400. The van der Waals surface area contributed by atoms with E-state index in [1.165, 1.54) is 23.5 Å². The minimum atomic E-state index is -4.10. The van der Waals surface area contributed by atoms with Gasteiger partial charge in [-0.15, -0.1) is 11.3 Å². The topological polar surface area (TPSA) is 30.7 Å². The van der Waals surface area contributed by atoms with Crippen LogP contribution >= 0.6 is 11.3 Å². The third-order valence-corrected chi connectivity index (χ3v) is 6.20. The van der Waals surface area contributed by atoms with Crippen molar-refractivity contribution in [2.75, 3.05) is 0 Å². The molecule has 3 nitrogen and oxygen atoms in total. The third-order valence-electron chi connectivity index (χ3n) is 5.35. The average molecular weight is 409 g/mol. The number of halogens is 4. The molecule has 1 fully saturated rings. The van der Waals surface area contributed by atoms with Gasteiger partial charge in [0.1, 0.15) is 5.82 Å². The molecule has 4 rings (SSSR count). The summed E-state index contributed by atoms with van der Waals surface area (Å²) in [6, 6.07) is 6.33. The number of alkyl halides is 3. The highest BCUT2D eigenvalue weighted by atomic mass is 32.1. The second-order valence-electron chi connectivity index (χ2n) is 7.23. The third kappa shape index (κ3) is 3.83. The molecule has 0 N–H and O–H groups in total. The molecular weight excluding hydrogens is 390 g/mol. The zero-order valence-electron chi connectivity index (χ0n) is 15.2. The van der Waals surface area contributed by atoms with Crippen LogP contribution < -0.4 is 0 Å². The van der Waals surface area contributed by atoms with Gasteiger partial charge in [0.05, 0.1) is 17.3 Å². The zero-order valence-corrected chi connectivity index (χ0v) is 16.0. The quantitative estimate of drug-likeness (QED) is 0.477. The Morgan fingerprint density at radius 1 is 1.14 bits per heavy atom. The maximum absolute atomic E-state index is 13.5. The largest absolute Gasteiger partial charge is 0.391 e. The van der Waals surface area contributed by atoms with Gasteiger partial charge >= 0.3 is 6.18 Å². The molecule has 0 amide bonds. The minimum absolute atomic E-state index is 0.0583. The van der Waals surface area contributed by atoms with E-state index in [-0.39, 0.29) is 24.6 Å². The highest BCUT2D eigenvalue weighted by Gasteiger charge is 2.41. The fourth-order valence-corrected chi connectivity index (χ4v) is 4.61. The Morgan fingerprint density at radius 2 is 1.89 bits per heavy atom. The molecule has 28 heavy (non-hydrogen) atoms. The standard InChI is InChI=1S/C20H19F4N3S/c1-12-17(14-3-2-4-16(21)9-14)10-27(26-12)19-25-18(11-28-19)13-5-7-15(8-6-13)20(22,23)24/h2-4,9-11,13,15H,5-8H2,1H3.